The highest BCUT2D eigenvalue weighted by atomic mass is 16.5. The molecule has 0 unspecified atom stereocenters. The van der Waals surface area contributed by atoms with E-state index in [1.165, 1.54) is 0 Å². The van der Waals surface area contributed by atoms with Crippen LogP contribution in [0.4, 0.5) is 0 Å². The second-order valence-corrected chi connectivity index (χ2v) is 7.06. The molecule has 7 nitrogen and oxygen atoms in total. The first-order valence-corrected chi connectivity index (χ1v) is 8.28. The van der Waals surface area contributed by atoms with Gasteiger partial charge in [0.05, 0.1) is 13.2 Å². The molecule has 0 bridgehead atoms. The van der Waals surface area contributed by atoms with Crippen molar-refractivity contribution in [1.82, 2.24) is 20.4 Å². The van der Waals surface area contributed by atoms with Crippen molar-refractivity contribution in [2.75, 3.05) is 32.8 Å². The van der Waals surface area contributed by atoms with Crippen LogP contribution in [0.5, 0.6) is 0 Å². The molecule has 0 aliphatic carbocycles. The second kappa shape index (κ2) is 7.88. The molecule has 130 valence electrons. The van der Waals surface area contributed by atoms with Gasteiger partial charge in [0.2, 0.25) is 11.8 Å². The van der Waals surface area contributed by atoms with E-state index in [0.717, 1.165) is 26.3 Å². The lowest BCUT2D eigenvalue weighted by atomic mass is 9.96. The maximum Gasteiger partial charge on any atom is 0.227 e. The highest BCUT2D eigenvalue weighted by molar-refractivity contribution is 5.76. The van der Waals surface area contributed by atoms with Crippen molar-refractivity contribution in [3.05, 3.63) is 11.7 Å². The third-order valence-corrected chi connectivity index (χ3v) is 3.97. The minimum absolute atomic E-state index is 0.0145. The van der Waals surface area contributed by atoms with E-state index in [1.807, 2.05) is 20.8 Å². The molecule has 23 heavy (non-hydrogen) atoms. The Labute approximate surface area is 137 Å². The zero-order chi connectivity index (χ0) is 16.9. The van der Waals surface area contributed by atoms with Crippen molar-refractivity contribution in [2.24, 2.45) is 0 Å². The number of nitrogens with one attached hydrogen (secondary N) is 1. The van der Waals surface area contributed by atoms with Crippen LogP contribution in [0.3, 0.4) is 0 Å². The topological polar surface area (TPSA) is 80.5 Å². The Hall–Kier alpha value is -1.47. The summed E-state index contributed by atoms with van der Waals surface area (Å²) in [6.07, 6.45) is 0.836. The average Bonchev–Trinajstić information content (AvgIpc) is 3.00. The third kappa shape index (κ3) is 5.58. The first-order chi connectivity index (χ1) is 10.9. The minimum Gasteiger partial charge on any atom is -0.379 e. The number of rotatable bonds is 6. The van der Waals surface area contributed by atoms with Crippen molar-refractivity contribution in [2.45, 2.75) is 52.0 Å². The third-order valence-electron chi connectivity index (χ3n) is 3.97. The predicted molar refractivity (Wildman–Crippen MR) is 86.2 cm³/mol. The number of nitrogens with zero attached hydrogens (tertiary/aromatic N) is 3. The molecule has 7 heteroatoms. The summed E-state index contributed by atoms with van der Waals surface area (Å²) >= 11 is 0. The Morgan fingerprint density at radius 2 is 2.04 bits per heavy atom. The Balaban J connectivity index is 1.69. The maximum atomic E-state index is 12.0. The van der Waals surface area contributed by atoms with E-state index in [1.54, 1.807) is 0 Å². The van der Waals surface area contributed by atoms with Gasteiger partial charge in [-0.05, 0) is 6.92 Å². The maximum absolute atomic E-state index is 12.0. The number of ether oxygens (including phenoxy) is 1. The van der Waals surface area contributed by atoms with Gasteiger partial charge in [0.15, 0.2) is 5.82 Å². The number of aromatic nitrogens is 2. The fraction of sp³-hybridized carbons (Fsp3) is 0.812. The summed E-state index contributed by atoms with van der Waals surface area (Å²) in [6, 6.07) is 0.318. The van der Waals surface area contributed by atoms with Crippen LogP contribution < -0.4 is 5.32 Å². The van der Waals surface area contributed by atoms with Crippen LogP contribution in [0.25, 0.3) is 0 Å². The molecule has 2 rings (SSSR count). The first kappa shape index (κ1) is 17.9. The Morgan fingerprint density at radius 3 is 2.65 bits per heavy atom. The van der Waals surface area contributed by atoms with Gasteiger partial charge in [-0.3, -0.25) is 9.69 Å². The molecule has 1 atom stereocenters. The predicted octanol–water partition coefficient (Wildman–Crippen LogP) is 1.14. The van der Waals surface area contributed by atoms with Gasteiger partial charge in [-0.15, -0.1) is 0 Å². The SMILES string of the molecule is C[C@@H](CNC(=O)CCc1nc(C(C)(C)C)no1)N1CCOCC1. The molecule has 0 radical (unpaired) electrons. The van der Waals surface area contributed by atoms with Crippen LogP contribution >= 0.6 is 0 Å². The van der Waals surface area contributed by atoms with Crippen molar-refractivity contribution in [3.63, 3.8) is 0 Å². The summed E-state index contributed by atoms with van der Waals surface area (Å²) in [5.74, 6) is 1.21. The number of morpholine rings is 1. The van der Waals surface area contributed by atoms with Crippen LogP contribution in [0.2, 0.25) is 0 Å². The first-order valence-electron chi connectivity index (χ1n) is 8.28. The van der Waals surface area contributed by atoms with E-state index in [-0.39, 0.29) is 11.3 Å². The van der Waals surface area contributed by atoms with Crippen molar-refractivity contribution in [1.29, 1.82) is 0 Å². The molecule has 1 fully saturated rings. The quantitative estimate of drug-likeness (QED) is 0.845. The zero-order valence-corrected chi connectivity index (χ0v) is 14.6. The van der Waals surface area contributed by atoms with Crippen LogP contribution in [-0.2, 0) is 21.4 Å². The summed E-state index contributed by atoms with van der Waals surface area (Å²) in [6.45, 7) is 12.2. The molecule has 1 aromatic rings. The number of carbonyl (C=O) groups is 1. The van der Waals surface area contributed by atoms with Gasteiger partial charge >= 0.3 is 0 Å². The normalized spacial score (nSPS) is 17.9. The average molecular weight is 324 g/mol. The van der Waals surface area contributed by atoms with E-state index in [9.17, 15) is 4.79 Å². The molecular weight excluding hydrogens is 296 g/mol. The van der Waals surface area contributed by atoms with E-state index < -0.39 is 0 Å². The summed E-state index contributed by atoms with van der Waals surface area (Å²) in [5.41, 5.74) is -0.141. The summed E-state index contributed by atoms with van der Waals surface area (Å²) in [7, 11) is 0. The number of amides is 1. The van der Waals surface area contributed by atoms with Crippen LogP contribution in [-0.4, -0.2) is 59.8 Å². The monoisotopic (exact) mass is 324 g/mol. The number of aryl methyl sites for hydroxylation is 1. The highest BCUT2D eigenvalue weighted by Crippen LogP contribution is 2.18. The fourth-order valence-electron chi connectivity index (χ4n) is 2.38. The van der Waals surface area contributed by atoms with Crippen molar-refractivity contribution in [3.8, 4) is 0 Å². The molecule has 1 aromatic heterocycles. The molecule has 0 spiro atoms. The second-order valence-electron chi connectivity index (χ2n) is 7.06. The lowest BCUT2D eigenvalue weighted by molar-refractivity contribution is -0.121. The van der Waals surface area contributed by atoms with E-state index in [4.69, 9.17) is 9.26 Å². The summed E-state index contributed by atoms with van der Waals surface area (Å²) in [5, 5.41) is 6.94. The molecule has 1 amide bonds. The molecular formula is C16H28N4O3. The van der Waals surface area contributed by atoms with E-state index in [0.29, 0.717) is 37.1 Å². The largest absolute Gasteiger partial charge is 0.379 e. The Morgan fingerprint density at radius 1 is 1.35 bits per heavy atom. The number of hydrogen-bond donors (Lipinski definition) is 1. The summed E-state index contributed by atoms with van der Waals surface area (Å²) < 4.78 is 10.5. The van der Waals surface area contributed by atoms with Gasteiger partial charge < -0.3 is 14.6 Å². The standard InChI is InChI=1S/C16H28N4O3/c1-12(20-7-9-22-10-8-20)11-17-13(21)5-6-14-18-15(19-23-14)16(2,3)4/h12H,5-11H2,1-4H3,(H,17,21)/t12-/m0/s1. The molecule has 0 aromatic carbocycles. The molecule has 1 aliphatic rings. The van der Waals surface area contributed by atoms with Gasteiger partial charge in [-0.2, -0.15) is 4.98 Å². The van der Waals surface area contributed by atoms with Crippen LogP contribution in [0.15, 0.2) is 4.52 Å². The van der Waals surface area contributed by atoms with E-state index in [2.05, 4.69) is 27.3 Å². The fourth-order valence-corrected chi connectivity index (χ4v) is 2.38. The van der Waals surface area contributed by atoms with Crippen molar-refractivity contribution >= 4 is 5.91 Å². The highest BCUT2D eigenvalue weighted by Gasteiger charge is 2.21. The summed E-state index contributed by atoms with van der Waals surface area (Å²) in [4.78, 5) is 18.6. The molecule has 1 N–H and O–H groups in total. The minimum atomic E-state index is -0.141. The smallest absolute Gasteiger partial charge is 0.227 e. The van der Waals surface area contributed by atoms with Gasteiger partial charge in [0, 0.05) is 43.9 Å². The van der Waals surface area contributed by atoms with Gasteiger partial charge in [-0.25, -0.2) is 0 Å². The Bertz CT molecular complexity index is 504. The van der Waals surface area contributed by atoms with Gasteiger partial charge in [-0.1, -0.05) is 25.9 Å². The number of hydrogen-bond acceptors (Lipinski definition) is 6. The number of carbonyl (C=O) groups excluding carboxylic acids is 1. The van der Waals surface area contributed by atoms with Crippen LogP contribution in [0.1, 0.15) is 45.8 Å². The lowest BCUT2D eigenvalue weighted by Crippen LogP contribution is -2.47. The van der Waals surface area contributed by atoms with E-state index >= 15 is 0 Å². The molecule has 1 aliphatic heterocycles. The van der Waals surface area contributed by atoms with Gasteiger partial charge in [0.25, 0.3) is 0 Å². The lowest BCUT2D eigenvalue weighted by Gasteiger charge is -2.32. The molecule has 0 saturated carbocycles. The molecule has 2 heterocycles. The van der Waals surface area contributed by atoms with Gasteiger partial charge in [0.1, 0.15) is 0 Å². The molecule has 1 saturated heterocycles. The van der Waals surface area contributed by atoms with Crippen molar-refractivity contribution < 1.29 is 14.1 Å². The van der Waals surface area contributed by atoms with Crippen LogP contribution in [0, 0.1) is 0 Å². The Kier molecular flexibility index (Phi) is 6.12. The zero-order valence-electron chi connectivity index (χ0n) is 14.6.